The average Bonchev–Trinajstić information content (AvgIpc) is 2.68. The fourth-order valence-electron chi connectivity index (χ4n) is 1.15. The van der Waals surface area contributed by atoms with Crippen LogP contribution >= 0.6 is 0 Å². The van der Waals surface area contributed by atoms with Gasteiger partial charge in [0.15, 0.2) is 6.29 Å². The molecule has 0 fully saturated rings. The molecule has 0 atom stereocenters. The molecule has 1 rings (SSSR count). The second-order valence-electron chi connectivity index (χ2n) is 5.01. The molecule has 0 bridgehead atoms. The molecule has 0 radical (unpaired) electrons. The monoisotopic (exact) mass is 250 g/mol. The number of imidazole rings is 1. The molecule has 5 heteroatoms. The van der Waals surface area contributed by atoms with E-state index in [2.05, 4.69) is 36.5 Å². The van der Waals surface area contributed by atoms with Gasteiger partial charge in [-0.3, -0.25) is 4.79 Å². The number of ether oxygens (including phenoxy) is 1. The third-order valence-corrected chi connectivity index (χ3v) is 3.83. The minimum absolute atomic E-state index is 0.486. The summed E-state index contributed by atoms with van der Waals surface area (Å²) in [6.45, 7) is 8.23. The van der Waals surface area contributed by atoms with E-state index in [1.165, 1.54) is 0 Å². The minimum Gasteiger partial charge on any atom is -0.361 e. The Labute approximate surface area is 103 Å². The van der Waals surface area contributed by atoms with E-state index in [9.17, 15) is 4.79 Å². The van der Waals surface area contributed by atoms with Crippen molar-refractivity contribution >= 4 is 14.4 Å². The van der Waals surface area contributed by atoms with Gasteiger partial charge in [0.05, 0.1) is 6.33 Å². The third kappa shape index (κ3) is 6.05. The first-order chi connectivity index (χ1) is 8.01. The lowest BCUT2D eigenvalue weighted by atomic mass is 10.5. The minimum atomic E-state index is -1.02. The van der Waals surface area contributed by atoms with E-state index in [0.717, 1.165) is 12.7 Å². The summed E-state index contributed by atoms with van der Waals surface area (Å²) in [5.74, 6) is 4.95. The summed E-state index contributed by atoms with van der Waals surface area (Å²) in [5, 5.41) is 0. The van der Waals surface area contributed by atoms with Crippen molar-refractivity contribution in [2.45, 2.75) is 32.4 Å². The molecule has 1 aromatic heterocycles. The normalized spacial score (nSPS) is 10.8. The van der Waals surface area contributed by atoms with E-state index in [4.69, 9.17) is 4.74 Å². The van der Waals surface area contributed by atoms with Gasteiger partial charge < -0.3 is 9.30 Å². The highest BCUT2D eigenvalue weighted by atomic mass is 28.3. The van der Waals surface area contributed by atoms with Crippen LogP contribution in [0.2, 0.25) is 25.7 Å². The zero-order valence-electron chi connectivity index (χ0n) is 10.6. The van der Waals surface area contributed by atoms with Crippen molar-refractivity contribution in [3.8, 4) is 11.8 Å². The first-order valence-corrected chi connectivity index (χ1v) is 9.27. The molecule has 0 aliphatic rings. The van der Waals surface area contributed by atoms with Gasteiger partial charge in [-0.05, 0) is 17.9 Å². The number of nitrogens with zero attached hydrogens (tertiary/aromatic N) is 2. The fraction of sp³-hybridized carbons (Fsp3) is 0.500. The Bertz CT molecular complexity index is 424. The van der Waals surface area contributed by atoms with Crippen LogP contribution in [0.4, 0.5) is 0 Å². The van der Waals surface area contributed by atoms with Crippen molar-refractivity contribution in [2.24, 2.45) is 0 Å². The van der Waals surface area contributed by atoms with Gasteiger partial charge in [-0.25, -0.2) is 4.98 Å². The maximum Gasteiger partial charge on any atom is 0.193 e. The van der Waals surface area contributed by atoms with Gasteiger partial charge in [-0.1, -0.05) is 19.6 Å². The van der Waals surface area contributed by atoms with E-state index in [-0.39, 0.29) is 0 Å². The quantitative estimate of drug-likeness (QED) is 0.346. The second-order valence-corrected chi connectivity index (χ2v) is 10.6. The number of hydrogen-bond acceptors (Lipinski definition) is 3. The van der Waals surface area contributed by atoms with Gasteiger partial charge in [-0.2, -0.15) is 0 Å². The zero-order valence-corrected chi connectivity index (χ0v) is 11.6. The van der Waals surface area contributed by atoms with Gasteiger partial charge in [0.1, 0.15) is 12.4 Å². The molecule has 0 saturated heterocycles. The number of hydrogen-bond donors (Lipinski definition) is 0. The number of aromatic nitrogens is 2. The maximum atomic E-state index is 10.1. The van der Waals surface area contributed by atoms with Gasteiger partial charge >= 0.3 is 0 Å². The van der Waals surface area contributed by atoms with Gasteiger partial charge in [0, 0.05) is 20.9 Å². The Hall–Kier alpha value is -1.38. The number of carbonyl (C=O) groups excluding carboxylic acids is 1. The Kier molecular flexibility index (Phi) is 5.13. The average molecular weight is 250 g/mol. The van der Waals surface area contributed by atoms with E-state index >= 15 is 0 Å². The summed E-state index contributed by atoms with van der Waals surface area (Å²) in [6, 6.07) is 1.15. The molecule has 17 heavy (non-hydrogen) atoms. The van der Waals surface area contributed by atoms with Gasteiger partial charge in [0.2, 0.25) is 0 Å². The Morgan fingerprint density at radius 2 is 2.29 bits per heavy atom. The number of carbonyl (C=O) groups is 1. The molecular weight excluding hydrogens is 232 g/mol. The van der Waals surface area contributed by atoms with Crippen LogP contribution < -0.4 is 0 Å². The largest absolute Gasteiger partial charge is 0.361 e. The van der Waals surface area contributed by atoms with Crippen molar-refractivity contribution < 1.29 is 9.53 Å². The highest BCUT2D eigenvalue weighted by Gasteiger charge is 2.11. The predicted octanol–water partition coefficient (Wildman–Crippen LogP) is 1.75. The molecule has 1 aromatic rings. The second kappa shape index (κ2) is 6.38. The Morgan fingerprint density at radius 1 is 1.53 bits per heavy atom. The van der Waals surface area contributed by atoms with E-state index < -0.39 is 8.07 Å². The van der Waals surface area contributed by atoms with Crippen LogP contribution in [0.1, 0.15) is 5.69 Å². The molecule has 0 unspecified atom stereocenters. The molecule has 4 nitrogen and oxygen atoms in total. The lowest BCUT2D eigenvalue weighted by Gasteiger charge is -2.15. The number of aldehydes is 1. The molecule has 1 heterocycles. The van der Waals surface area contributed by atoms with Crippen molar-refractivity contribution in [1.82, 2.24) is 9.55 Å². The van der Waals surface area contributed by atoms with Crippen molar-refractivity contribution in [1.29, 1.82) is 0 Å². The van der Waals surface area contributed by atoms with Crippen molar-refractivity contribution in [3.05, 3.63) is 18.2 Å². The van der Waals surface area contributed by atoms with Crippen LogP contribution in [0.15, 0.2) is 12.5 Å². The topological polar surface area (TPSA) is 44.1 Å². The summed E-state index contributed by atoms with van der Waals surface area (Å²) >= 11 is 0. The molecule has 0 aromatic carbocycles. The van der Waals surface area contributed by atoms with Crippen molar-refractivity contribution in [2.75, 3.05) is 6.61 Å². The van der Waals surface area contributed by atoms with Gasteiger partial charge in [0.25, 0.3) is 0 Å². The highest BCUT2D eigenvalue weighted by Crippen LogP contribution is 2.07. The van der Waals surface area contributed by atoms with Gasteiger partial charge in [-0.15, -0.1) is 0 Å². The molecule has 0 aliphatic carbocycles. The van der Waals surface area contributed by atoms with Crippen LogP contribution in [0.25, 0.3) is 0 Å². The molecule has 0 aliphatic heterocycles. The lowest BCUT2D eigenvalue weighted by molar-refractivity contribution is -0.103. The highest BCUT2D eigenvalue weighted by molar-refractivity contribution is 6.76. The van der Waals surface area contributed by atoms with E-state index in [1.54, 1.807) is 12.5 Å². The van der Waals surface area contributed by atoms with Crippen LogP contribution in [-0.2, 0) is 16.3 Å². The Balaban J connectivity index is 2.33. The number of rotatable bonds is 5. The standard InChI is InChI=1S/C12H18N2O2Si/c1-17(2,3)8-7-16-11-14-9-12(13-10-14)5-4-6-15/h6,9-10H,7-8,11H2,1-3H3. The first kappa shape index (κ1) is 13.7. The fourth-order valence-corrected chi connectivity index (χ4v) is 1.90. The van der Waals surface area contributed by atoms with E-state index in [0.29, 0.717) is 18.7 Å². The summed E-state index contributed by atoms with van der Waals surface area (Å²) in [5.41, 5.74) is 0.589. The molecule has 0 spiro atoms. The molecule has 0 saturated carbocycles. The third-order valence-electron chi connectivity index (χ3n) is 2.13. The summed E-state index contributed by atoms with van der Waals surface area (Å²) in [6.07, 6.45) is 3.98. The summed E-state index contributed by atoms with van der Waals surface area (Å²) in [4.78, 5) is 14.1. The van der Waals surface area contributed by atoms with Crippen LogP contribution in [0.5, 0.6) is 0 Å². The predicted molar refractivity (Wildman–Crippen MR) is 69.3 cm³/mol. The van der Waals surface area contributed by atoms with Crippen LogP contribution in [0.3, 0.4) is 0 Å². The van der Waals surface area contributed by atoms with E-state index in [1.807, 2.05) is 4.57 Å². The molecular formula is C12H18N2O2Si. The zero-order chi connectivity index (χ0) is 12.7. The molecule has 0 amide bonds. The van der Waals surface area contributed by atoms with Crippen molar-refractivity contribution in [3.63, 3.8) is 0 Å². The first-order valence-electron chi connectivity index (χ1n) is 5.56. The van der Waals surface area contributed by atoms with Crippen LogP contribution in [-0.4, -0.2) is 30.5 Å². The summed E-state index contributed by atoms with van der Waals surface area (Å²) in [7, 11) is -1.02. The maximum absolute atomic E-state index is 10.1. The smallest absolute Gasteiger partial charge is 0.193 e. The SMILES string of the molecule is C[Si](C)(C)CCOCn1cnc(C#CC=O)c1. The summed E-state index contributed by atoms with van der Waals surface area (Å²) < 4.78 is 7.37. The molecule has 0 N–H and O–H groups in total. The lowest BCUT2D eigenvalue weighted by Crippen LogP contribution is -2.21. The molecule has 92 valence electrons. The Morgan fingerprint density at radius 3 is 2.94 bits per heavy atom. The van der Waals surface area contributed by atoms with Crippen LogP contribution in [0, 0.1) is 11.8 Å².